The number of amides is 1. The zero-order chi connectivity index (χ0) is 29.8. The zero-order valence-corrected chi connectivity index (χ0v) is 25.0. The van der Waals surface area contributed by atoms with Crippen LogP contribution in [-0.4, -0.2) is 89.9 Å². The molecule has 0 radical (unpaired) electrons. The molecular weight excluding hydrogens is 528 g/mol. The molecule has 2 aliphatic rings. The highest BCUT2D eigenvalue weighted by Gasteiger charge is 2.41. The molecule has 0 bridgehead atoms. The van der Waals surface area contributed by atoms with E-state index in [1.807, 2.05) is 38.2 Å². The lowest BCUT2D eigenvalue weighted by molar-refractivity contribution is -0.141. The Kier molecular flexibility index (Phi) is 9.14. The standard InChI is InChI=1S/C34H42N4O4/c1-23(21-36(2)22-24-11-7-5-6-8-12-24)38(17-18-39)34(41)29-20-27-26-13-9-10-14-28(26)35-32(27)33(37(29)3)25-15-16-30(40)31(19-25)42-4/h7,9-16,18-19,23,29,33,35,40H,5-6,8,17,20-22H2,1-4H3/t23?,29-,33?/m1/s1. The summed E-state index contributed by atoms with van der Waals surface area (Å²) in [5.74, 6) is 0.380. The number of aromatic nitrogens is 1. The molecule has 2 unspecified atom stereocenters. The normalized spacial score (nSPS) is 19.7. The van der Waals surface area contributed by atoms with Crippen LogP contribution in [0.2, 0.25) is 0 Å². The van der Waals surface area contributed by atoms with E-state index in [-0.39, 0.29) is 30.3 Å². The second kappa shape index (κ2) is 13.0. The van der Waals surface area contributed by atoms with Crippen molar-refractivity contribution in [2.75, 3.05) is 40.8 Å². The molecule has 3 atom stereocenters. The molecule has 0 saturated heterocycles. The van der Waals surface area contributed by atoms with Gasteiger partial charge in [-0.1, -0.05) is 42.5 Å². The molecular formula is C34H42N4O4. The monoisotopic (exact) mass is 570 g/mol. The fourth-order valence-electron chi connectivity index (χ4n) is 6.55. The van der Waals surface area contributed by atoms with Crippen LogP contribution in [-0.2, 0) is 16.0 Å². The predicted molar refractivity (Wildman–Crippen MR) is 166 cm³/mol. The van der Waals surface area contributed by atoms with Crippen LogP contribution in [0.3, 0.4) is 0 Å². The van der Waals surface area contributed by atoms with Crippen LogP contribution in [0, 0.1) is 0 Å². The first-order valence-corrected chi connectivity index (χ1v) is 14.8. The number of phenols is 1. The Balaban J connectivity index is 1.45. The maximum Gasteiger partial charge on any atom is 0.240 e. The van der Waals surface area contributed by atoms with E-state index >= 15 is 0 Å². The molecule has 222 valence electrons. The largest absolute Gasteiger partial charge is 0.504 e. The lowest BCUT2D eigenvalue weighted by Gasteiger charge is -2.42. The fourth-order valence-corrected chi connectivity index (χ4v) is 6.55. The Labute approximate surface area is 248 Å². The second-order valence-corrected chi connectivity index (χ2v) is 11.6. The lowest BCUT2D eigenvalue weighted by atomic mass is 9.87. The number of rotatable bonds is 10. The number of allylic oxidation sites excluding steroid dienone is 2. The van der Waals surface area contributed by atoms with Gasteiger partial charge in [-0.05, 0) is 81.6 Å². The summed E-state index contributed by atoms with van der Waals surface area (Å²) in [5.41, 5.74) is 5.33. The molecule has 0 saturated carbocycles. The average Bonchev–Trinajstić information content (AvgIpc) is 3.14. The van der Waals surface area contributed by atoms with Crippen LogP contribution < -0.4 is 4.74 Å². The first kappa shape index (κ1) is 29.6. The number of aldehydes is 1. The molecule has 1 amide bonds. The summed E-state index contributed by atoms with van der Waals surface area (Å²) in [4.78, 5) is 35.9. The van der Waals surface area contributed by atoms with E-state index in [4.69, 9.17) is 4.74 Å². The highest BCUT2D eigenvalue weighted by molar-refractivity contribution is 5.89. The molecule has 1 aliphatic heterocycles. The van der Waals surface area contributed by atoms with Crippen molar-refractivity contribution in [1.82, 2.24) is 19.7 Å². The molecule has 2 N–H and O–H groups in total. The molecule has 2 aromatic carbocycles. The number of H-pyrrole nitrogens is 1. The van der Waals surface area contributed by atoms with Gasteiger partial charge in [0, 0.05) is 35.7 Å². The zero-order valence-electron chi connectivity index (χ0n) is 25.0. The third-order valence-electron chi connectivity index (χ3n) is 8.65. The summed E-state index contributed by atoms with van der Waals surface area (Å²) in [6.07, 6.45) is 11.4. The Bertz CT molecular complexity index is 1490. The molecule has 3 aromatic rings. The van der Waals surface area contributed by atoms with Crippen molar-refractivity contribution >= 4 is 23.1 Å². The highest BCUT2D eigenvalue weighted by atomic mass is 16.5. The first-order chi connectivity index (χ1) is 20.3. The van der Waals surface area contributed by atoms with Gasteiger partial charge in [-0.25, -0.2) is 0 Å². The molecule has 2 heterocycles. The summed E-state index contributed by atoms with van der Waals surface area (Å²) >= 11 is 0. The van der Waals surface area contributed by atoms with Crippen LogP contribution in [0.5, 0.6) is 11.5 Å². The Morgan fingerprint density at radius 2 is 2.05 bits per heavy atom. The van der Waals surface area contributed by atoms with Gasteiger partial charge in [0.15, 0.2) is 11.5 Å². The Hall–Kier alpha value is -3.88. The quantitative estimate of drug-likeness (QED) is 0.339. The van der Waals surface area contributed by atoms with Crippen molar-refractivity contribution in [2.24, 2.45) is 0 Å². The summed E-state index contributed by atoms with van der Waals surface area (Å²) in [6, 6.07) is 12.6. The SMILES string of the molecule is COc1cc(C2c3[nH]c4ccccc4c3C[C@H](C(=O)N(CC=O)C(C)CN(C)CC3=CCCCC=C3)N2C)ccc1O. The maximum absolute atomic E-state index is 14.4. The number of aromatic hydroxyl groups is 1. The van der Waals surface area contributed by atoms with Crippen LogP contribution in [0.4, 0.5) is 0 Å². The van der Waals surface area contributed by atoms with Gasteiger partial charge in [0.2, 0.25) is 5.91 Å². The van der Waals surface area contributed by atoms with Gasteiger partial charge in [-0.15, -0.1) is 0 Å². The van der Waals surface area contributed by atoms with E-state index < -0.39 is 6.04 Å². The highest BCUT2D eigenvalue weighted by Crippen LogP contribution is 2.42. The first-order valence-electron chi connectivity index (χ1n) is 14.8. The number of carbonyl (C=O) groups is 2. The van der Waals surface area contributed by atoms with Crippen LogP contribution in [0.25, 0.3) is 10.9 Å². The number of likely N-dealkylation sites (N-methyl/N-ethyl adjacent to an activating group) is 2. The third-order valence-corrected chi connectivity index (χ3v) is 8.65. The van der Waals surface area contributed by atoms with Crippen molar-refractivity contribution in [3.05, 3.63) is 83.1 Å². The van der Waals surface area contributed by atoms with Gasteiger partial charge in [-0.3, -0.25) is 9.69 Å². The number of para-hydroxylation sites is 1. The lowest BCUT2D eigenvalue weighted by Crippen LogP contribution is -2.56. The number of nitrogens with one attached hydrogen (secondary N) is 1. The number of phenolic OH excluding ortho intramolecular Hbond substituents is 1. The average molecular weight is 571 g/mol. The molecule has 5 rings (SSSR count). The molecule has 8 nitrogen and oxygen atoms in total. The Morgan fingerprint density at radius 3 is 2.83 bits per heavy atom. The van der Waals surface area contributed by atoms with Crippen LogP contribution >= 0.6 is 0 Å². The van der Waals surface area contributed by atoms with Crippen LogP contribution in [0.1, 0.15) is 49.0 Å². The van der Waals surface area contributed by atoms with Crippen molar-refractivity contribution in [3.63, 3.8) is 0 Å². The number of aromatic amines is 1. The van der Waals surface area contributed by atoms with Crippen molar-refractivity contribution in [2.45, 2.75) is 50.7 Å². The summed E-state index contributed by atoms with van der Waals surface area (Å²) in [7, 11) is 5.56. The van der Waals surface area contributed by atoms with Crippen molar-refractivity contribution in [3.8, 4) is 11.5 Å². The third kappa shape index (κ3) is 6.01. The number of ether oxygens (including phenoxy) is 1. The number of carbonyl (C=O) groups excluding carboxylic acids is 2. The second-order valence-electron chi connectivity index (χ2n) is 11.6. The smallest absolute Gasteiger partial charge is 0.240 e. The molecule has 0 fully saturated rings. The van der Waals surface area contributed by atoms with E-state index in [2.05, 4.69) is 52.2 Å². The van der Waals surface area contributed by atoms with Gasteiger partial charge in [0.05, 0.1) is 25.7 Å². The van der Waals surface area contributed by atoms with E-state index in [1.54, 1.807) is 11.0 Å². The van der Waals surface area contributed by atoms with E-state index in [1.165, 1.54) is 19.1 Å². The number of hydrogen-bond donors (Lipinski definition) is 2. The minimum absolute atomic E-state index is 0.0409. The van der Waals surface area contributed by atoms with E-state index in [0.717, 1.165) is 53.4 Å². The van der Waals surface area contributed by atoms with Gasteiger partial charge < -0.3 is 29.4 Å². The summed E-state index contributed by atoms with van der Waals surface area (Å²) in [5, 5.41) is 11.4. The minimum Gasteiger partial charge on any atom is -0.504 e. The molecule has 8 heteroatoms. The number of benzene rings is 2. The number of nitrogens with zero attached hydrogens (tertiary/aromatic N) is 3. The maximum atomic E-state index is 14.4. The minimum atomic E-state index is -0.485. The number of methoxy groups -OCH3 is 1. The van der Waals surface area contributed by atoms with Gasteiger partial charge in [0.25, 0.3) is 0 Å². The summed E-state index contributed by atoms with van der Waals surface area (Å²) in [6.45, 7) is 3.52. The van der Waals surface area contributed by atoms with Gasteiger partial charge in [-0.2, -0.15) is 0 Å². The number of fused-ring (bicyclic) bond motifs is 3. The van der Waals surface area contributed by atoms with Crippen molar-refractivity contribution < 1.29 is 19.4 Å². The van der Waals surface area contributed by atoms with E-state index in [9.17, 15) is 14.7 Å². The molecule has 1 aliphatic carbocycles. The summed E-state index contributed by atoms with van der Waals surface area (Å²) < 4.78 is 5.43. The van der Waals surface area contributed by atoms with E-state index in [0.29, 0.717) is 18.7 Å². The topological polar surface area (TPSA) is 89.1 Å². The molecule has 1 aromatic heterocycles. The molecule has 42 heavy (non-hydrogen) atoms. The fraction of sp³-hybridized carbons (Fsp3) is 0.412. The molecule has 0 spiro atoms. The Morgan fingerprint density at radius 1 is 1.24 bits per heavy atom. The van der Waals surface area contributed by atoms with Crippen LogP contribution in [0.15, 0.2) is 66.3 Å². The van der Waals surface area contributed by atoms with Gasteiger partial charge in [0.1, 0.15) is 6.29 Å². The predicted octanol–water partition coefficient (Wildman–Crippen LogP) is 4.84. The van der Waals surface area contributed by atoms with Gasteiger partial charge >= 0.3 is 0 Å². The van der Waals surface area contributed by atoms with Crippen molar-refractivity contribution in [1.29, 1.82) is 0 Å². The number of hydrogen-bond acceptors (Lipinski definition) is 6.